The van der Waals surface area contributed by atoms with Crippen LogP contribution in [0.15, 0.2) is 94.4 Å². The maximum atomic E-state index is 14.5. The van der Waals surface area contributed by atoms with Crippen LogP contribution in [0.3, 0.4) is 0 Å². The molecule has 0 saturated heterocycles. The molecule has 3 N–H and O–H groups in total. The van der Waals surface area contributed by atoms with Gasteiger partial charge in [-0.15, -0.1) is 0 Å². The molecule has 0 bridgehead atoms. The Kier molecular flexibility index (Phi) is 6.92. The second-order valence-electron chi connectivity index (χ2n) is 7.49. The molecule has 0 unspecified atom stereocenters. The van der Waals surface area contributed by atoms with E-state index in [0.717, 1.165) is 17.5 Å². The fourth-order valence-corrected chi connectivity index (χ4v) is 3.44. The number of aliphatic imine (C=N–C) groups is 1. The van der Waals surface area contributed by atoms with Crippen LogP contribution in [-0.2, 0) is 19.3 Å². The third kappa shape index (κ3) is 5.82. The molecule has 0 saturated carbocycles. The summed E-state index contributed by atoms with van der Waals surface area (Å²) in [6, 6.07) is 26.8. The Hall–Kier alpha value is -3.93. The molecule has 3 aromatic carbocycles. The number of halogens is 1. The molecule has 6 heteroatoms. The minimum absolute atomic E-state index is 0.229. The first kappa shape index (κ1) is 21.3. The second-order valence-corrected chi connectivity index (χ2v) is 7.49. The smallest absolute Gasteiger partial charge is 0.194 e. The van der Waals surface area contributed by atoms with E-state index in [4.69, 9.17) is 10.3 Å². The molecule has 0 spiro atoms. The number of rotatable bonds is 8. The summed E-state index contributed by atoms with van der Waals surface area (Å²) in [4.78, 5) is 4.32. The summed E-state index contributed by atoms with van der Waals surface area (Å²) >= 11 is 0. The van der Waals surface area contributed by atoms with Gasteiger partial charge in [0.25, 0.3) is 0 Å². The first-order chi connectivity index (χ1) is 15.7. The summed E-state index contributed by atoms with van der Waals surface area (Å²) in [5.74, 6) is 1.26. The highest BCUT2D eigenvalue weighted by Crippen LogP contribution is 2.24. The van der Waals surface area contributed by atoms with Gasteiger partial charge in [0.15, 0.2) is 11.8 Å². The SMILES string of the molecule is NC(=NCCc1ccccc1)Nc1cc(CCc2ccc(-c3ccccc3)c(F)c2)on1. The van der Waals surface area contributed by atoms with Crippen molar-refractivity contribution in [3.8, 4) is 11.1 Å². The first-order valence-corrected chi connectivity index (χ1v) is 10.6. The highest BCUT2D eigenvalue weighted by molar-refractivity contribution is 5.91. The van der Waals surface area contributed by atoms with Crippen molar-refractivity contribution in [1.29, 1.82) is 0 Å². The Balaban J connectivity index is 1.29. The van der Waals surface area contributed by atoms with E-state index >= 15 is 0 Å². The summed E-state index contributed by atoms with van der Waals surface area (Å²) in [6.07, 6.45) is 2.05. The van der Waals surface area contributed by atoms with E-state index in [-0.39, 0.29) is 5.82 Å². The molecular formula is C26H25FN4O. The number of hydrogen-bond donors (Lipinski definition) is 2. The van der Waals surface area contributed by atoms with Crippen LogP contribution in [0.5, 0.6) is 0 Å². The lowest BCUT2D eigenvalue weighted by atomic mass is 10.0. The van der Waals surface area contributed by atoms with Gasteiger partial charge in [0.1, 0.15) is 11.6 Å². The second kappa shape index (κ2) is 10.4. The third-order valence-electron chi connectivity index (χ3n) is 5.12. The van der Waals surface area contributed by atoms with Crippen LogP contribution in [0.4, 0.5) is 10.2 Å². The van der Waals surface area contributed by atoms with E-state index in [9.17, 15) is 4.39 Å². The Bertz CT molecular complexity index is 1170. The number of nitrogens with one attached hydrogen (secondary N) is 1. The average molecular weight is 429 g/mol. The Morgan fingerprint density at radius 3 is 2.38 bits per heavy atom. The van der Waals surface area contributed by atoms with Crippen molar-refractivity contribution in [2.75, 3.05) is 11.9 Å². The van der Waals surface area contributed by atoms with E-state index in [1.54, 1.807) is 12.1 Å². The van der Waals surface area contributed by atoms with Crippen LogP contribution in [-0.4, -0.2) is 17.7 Å². The highest BCUT2D eigenvalue weighted by atomic mass is 19.1. The van der Waals surface area contributed by atoms with Gasteiger partial charge in [0.2, 0.25) is 0 Å². The van der Waals surface area contributed by atoms with Gasteiger partial charge in [-0.1, -0.05) is 78.0 Å². The molecule has 0 amide bonds. The van der Waals surface area contributed by atoms with Crippen LogP contribution in [0.25, 0.3) is 11.1 Å². The number of hydrogen-bond acceptors (Lipinski definition) is 3. The highest BCUT2D eigenvalue weighted by Gasteiger charge is 2.09. The van der Waals surface area contributed by atoms with E-state index < -0.39 is 0 Å². The summed E-state index contributed by atoms with van der Waals surface area (Å²) in [5.41, 5.74) is 9.51. The number of guanidine groups is 1. The molecule has 0 radical (unpaired) electrons. The lowest BCUT2D eigenvalue weighted by molar-refractivity contribution is 0.386. The van der Waals surface area contributed by atoms with Gasteiger partial charge in [-0.2, -0.15) is 0 Å². The Labute approximate surface area is 186 Å². The largest absolute Gasteiger partial charge is 0.370 e. The zero-order chi connectivity index (χ0) is 22.2. The fraction of sp³-hybridized carbons (Fsp3) is 0.154. The molecule has 32 heavy (non-hydrogen) atoms. The first-order valence-electron chi connectivity index (χ1n) is 10.6. The summed E-state index contributed by atoms with van der Waals surface area (Å²) in [6.45, 7) is 0.581. The Morgan fingerprint density at radius 1 is 0.875 bits per heavy atom. The number of anilines is 1. The van der Waals surface area contributed by atoms with Gasteiger partial charge in [0, 0.05) is 24.6 Å². The van der Waals surface area contributed by atoms with Gasteiger partial charge >= 0.3 is 0 Å². The summed E-state index contributed by atoms with van der Waals surface area (Å²) in [7, 11) is 0. The van der Waals surface area contributed by atoms with E-state index in [1.807, 2.05) is 60.7 Å². The number of aryl methyl sites for hydroxylation is 2. The van der Waals surface area contributed by atoms with Crippen molar-refractivity contribution in [1.82, 2.24) is 5.16 Å². The van der Waals surface area contributed by atoms with Crippen LogP contribution in [0, 0.1) is 5.82 Å². The standard InChI is InChI=1S/C26H25FN4O/c27-24-17-20(12-14-23(24)21-9-5-2-6-10-21)11-13-22-18-25(31-32-22)30-26(28)29-16-15-19-7-3-1-4-8-19/h1-10,12,14,17-18H,11,13,15-16H2,(H3,28,29,30,31). The lowest BCUT2D eigenvalue weighted by Gasteiger charge is -2.06. The third-order valence-corrected chi connectivity index (χ3v) is 5.12. The van der Waals surface area contributed by atoms with Crippen molar-refractivity contribution >= 4 is 11.8 Å². The van der Waals surface area contributed by atoms with Gasteiger partial charge in [-0.3, -0.25) is 4.99 Å². The van der Waals surface area contributed by atoms with E-state index in [2.05, 4.69) is 27.6 Å². The maximum Gasteiger partial charge on any atom is 0.194 e. The number of benzene rings is 3. The number of aromatic nitrogens is 1. The van der Waals surface area contributed by atoms with Gasteiger partial charge in [0.05, 0.1) is 0 Å². The quantitative estimate of drug-likeness (QED) is 0.297. The van der Waals surface area contributed by atoms with Crippen molar-refractivity contribution in [3.05, 3.63) is 108 Å². The van der Waals surface area contributed by atoms with Crippen LogP contribution in [0.1, 0.15) is 16.9 Å². The van der Waals surface area contributed by atoms with Crippen molar-refractivity contribution in [2.45, 2.75) is 19.3 Å². The number of nitrogens with two attached hydrogens (primary N) is 1. The minimum Gasteiger partial charge on any atom is -0.370 e. The molecular weight excluding hydrogens is 403 g/mol. The predicted molar refractivity (Wildman–Crippen MR) is 126 cm³/mol. The van der Waals surface area contributed by atoms with Crippen molar-refractivity contribution in [2.24, 2.45) is 10.7 Å². The van der Waals surface area contributed by atoms with Crippen molar-refractivity contribution in [3.63, 3.8) is 0 Å². The topological polar surface area (TPSA) is 76.4 Å². The van der Waals surface area contributed by atoms with Crippen LogP contribution >= 0.6 is 0 Å². The maximum absolute atomic E-state index is 14.5. The summed E-state index contributed by atoms with van der Waals surface area (Å²) in [5, 5.41) is 6.93. The molecule has 162 valence electrons. The van der Waals surface area contributed by atoms with Crippen LogP contribution in [0.2, 0.25) is 0 Å². The molecule has 0 atom stereocenters. The van der Waals surface area contributed by atoms with Gasteiger partial charge in [-0.25, -0.2) is 4.39 Å². The zero-order valence-corrected chi connectivity index (χ0v) is 17.7. The molecule has 0 aliphatic heterocycles. The predicted octanol–water partition coefficient (Wildman–Crippen LogP) is 5.24. The normalized spacial score (nSPS) is 11.5. The van der Waals surface area contributed by atoms with Gasteiger partial charge < -0.3 is 15.6 Å². The average Bonchev–Trinajstić information content (AvgIpc) is 3.26. The number of nitrogens with zero attached hydrogens (tertiary/aromatic N) is 2. The fourth-order valence-electron chi connectivity index (χ4n) is 3.44. The molecule has 0 fully saturated rings. The molecule has 0 aliphatic carbocycles. The molecule has 4 aromatic rings. The van der Waals surface area contributed by atoms with Crippen LogP contribution < -0.4 is 11.1 Å². The lowest BCUT2D eigenvalue weighted by Crippen LogP contribution is -2.23. The van der Waals surface area contributed by atoms with Crippen molar-refractivity contribution < 1.29 is 8.91 Å². The summed E-state index contributed by atoms with van der Waals surface area (Å²) < 4.78 is 19.9. The minimum atomic E-state index is -0.229. The van der Waals surface area contributed by atoms with E-state index in [1.165, 1.54) is 5.56 Å². The van der Waals surface area contributed by atoms with E-state index in [0.29, 0.717) is 42.5 Å². The van der Waals surface area contributed by atoms with Gasteiger partial charge in [-0.05, 0) is 35.6 Å². The molecule has 4 rings (SSSR count). The Morgan fingerprint density at radius 2 is 1.62 bits per heavy atom. The monoisotopic (exact) mass is 428 g/mol. The zero-order valence-electron chi connectivity index (χ0n) is 17.7. The molecule has 0 aliphatic rings. The molecule has 5 nitrogen and oxygen atoms in total. The molecule has 1 aromatic heterocycles. The molecule has 1 heterocycles.